The molecule has 1 aromatic rings. The van der Waals surface area contributed by atoms with Crippen molar-refractivity contribution in [1.29, 1.82) is 0 Å². The standard InChI is InChI=1S/C12H22N4O2S/c1-15(9-12-14-5-7-16(12)2)6-4-13-11-3-8-19(17,18)10-11/h5,7,11,13H,3-4,6,8-10H2,1-2H3. The van der Waals surface area contributed by atoms with Gasteiger partial charge in [0.05, 0.1) is 18.1 Å². The summed E-state index contributed by atoms with van der Waals surface area (Å²) in [5.41, 5.74) is 0. The smallest absolute Gasteiger partial charge is 0.151 e. The first-order valence-electron chi connectivity index (χ1n) is 6.55. The zero-order valence-electron chi connectivity index (χ0n) is 11.5. The quantitative estimate of drug-likeness (QED) is 0.773. The first-order valence-corrected chi connectivity index (χ1v) is 8.37. The Hall–Kier alpha value is -0.920. The zero-order chi connectivity index (χ0) is 13.9. The predicted octanol–water partition coefficient (Wildman–Crippen LogP) is -0.371. The Morgan fingerprint density at radius 3 is 2.95 bits per heavy atom. The number of hydrogen-bond donors (Lipinski definition) is 1. The van der Waals surface area contributed by atoms with Crippen molar-refractivity contribution in [1.82, 2.24) is 19.8 Å². The molecular formula is C12H22N4O2S. The van der Waals surface area contributed by atoms with E-state index in [0.29, 0.717) is 5.75 Å². The number of likely N-dealkylation sites (N-methyl/N-ethyl adjacent to an activating group) is 1. The van der Waals surface area contributed by atoms with Gasteiger partial charge in [0, 0.05) is 38.6 Å². The van der Waals surface area contributed by atoms with E-state index in [9.17, 15) is 8.42 Å². The Morgan fingerprint density at radius 2 is 2.37 bits per heavy atom. The molecule has 1 aliphatic rings. The van der Waals surface area contributed by atoms with Crippen molar-refractivity contribution in [3.63, 3.8) is 0 Å². The van der Waals surface area contributed by atoms with Crippen LogP contribution in [0.1, 0.15) is 12.2 Å². The van der Waals surface area contributed by atoms with Gasteiger partial charge in [0.15, 0.2) is 9.84 Å². The molecular weight excluding hydrogens is 264 g/mol. The maximum atomic E-state index is 11.3. The van der Waals surface area contributed by atoms with E-state index < -0.39 is 9.84 Å². The molecule has 1 saturated heterocycles. The Morgan fingerprint density at radius 1 is 1.58 bits per heavy atom. The number of sulfone groups is 1. The molecule has 19 heavy (non-hydrogen) atoms. The van der Waals surface area contributed by atoms with Crippen LogP contribution in [-0.4, -0.2) is 60.6 Å². The number of aryl methyl sites for hydroxylation is 1. The van der Waals surface area contributed by atoms with Crippen molar-refractivity contribution in [2.75, 3.05) is 31.6 Å². The van der Waals surface area contributed by atoms with E-state index in [0.717, 1.165) is 31.9 Å². The van der Waals surface area contributed by atoms with E-state index in [-0.39, 0.29) is 11.8 Å². The van der Waals surface area contributed by atoms with E-state index in [1.54, 1.807) is 6.20 Å². The van der Waals surface area contributed by atoms with Crippen molar-refractivity contribution in [3.8, 4) is 0 Å². The summed E-state index contributed by atoms with van der Waals surface area (Å²) in [5.74, 6) is 1.65. The maximum Gasteiger partial charge on any atom is 0.151 e. The van der Waals surface area contributed by atoms with E-state index >= 15 is 0 Å². The van der Waals surface area contributed by atoms with Gasteiger partial charge in [0.2, 0.25) is 0 Å². The second-order valence-electron chi connectivity index (χ2n) is 5.25. The lowest BCUT2D eigenvalue weighted by Crippen LogP contribution is -2.36. The molecule has 1 aliphatic heterocycles. The molecule has 1 atom stereocenters. The molecule has 0 aromatic carbocycles. The average Bonchev–Trinajstić information content (AvgIpc) is 2.86. The summed E-state index contributed by atoms with van der Waals surface area (Å²) in [4.78, 5) is 6.46. The van der Waals surface area contributed by atoms with E-state index in [1.807, 2.05) is 24.9 Å². The molecule has 108 valence electrons. The first-order chi connectivity index (χ1) is 8.96. The summed E-state index contributed by atoms with van der Waals surface area (Å²) in [5, 5.41) is 3.31. The lowest BCUT2D eigenvalue weighted by Gasteiger charge is -2.18. The fraction of sp³-hybridized carbons (Fsp3) is 0.750. The maximum absolute atomic E-state index is 11.3. The average molecular weight is 286 g/mol. The molecule has 1 aromatic heterocycles. The van der Waals surface area contributed by atoms with Crippen LogP contribution in [-0.2, 0) is 23.4 Å². The van der Waals surface area contributed by atoms with Crippen molar-refractivity contribution in [2.45, 2.75) is 19.0 Å². The van der Waals surface area contributed by atoms with Crippen molar-refractivity contribution >= 4 is 9.84 Å². The Bertz CT molecular complexity index is 512. The predicted molar refractivity (Wildman–Crippen MR) is 74.6 cm³/mol. The zero-order valence-corrected chi connectivity index (χ0v) is 12.4. The van der Waals surface area contributed by atoms with E-state index in [2.05, 4.69) is 15.2 Å². The van der Waals surface area contributed by atoms with Crippen molar-refractivity contribution < 1.29 is 8.42 Å². The molecule has 0 spiro atoms. The van der Waals surface area contributed by atoms with Crippen LogP contribution >= 0.6 is 0 Å². The van der Waals surface area contributed by atoms with E-state index in [4.69, 9.17) is 0 Å². The van der Waals surface area contributed by atoms with Crippen LogP contribution in [0.15, 0.2) is 12.4 Å². The van der Waals surface area contributed by atoms with Gasteiger partial charge in [-0.3, -0.25) is 4.90 Å². The molecule has 0 aliphatic carbocycles. The van der Waals surface area contributed by atoms with Crippen LogP contribution < -0.4 is 5.32 Å². The Kier molecular flexibility index (Phi) is 4.59. The molecule has 2 rings (SSSR count). The number of hydrogen-bond acceptors (Lipinski definition) is 5. The summed E-state index contributed by atoms with van der Waals surface area (Å²) < 4.78 is 24.7. The topological polar surface area (TPSA) is 67.2 Å². The van der Waals surface area contributed by atoms with Crippen molar-refractivity contribution in [3.05, 3.63) is 18.2 Å². The first kappa shape index (κ1) is 14.5. The molecule has 6 nitrogen and oxygen atoms in total. The Labute approximate surface area is 114 Å². The van der Waals surface area contributed by atoms with Gasteiger partial charge in [0.25, 0.3) is 0 Å². The number of nitrogens with one attached hydrogen (secondary N) is 1. The number of rotatable bonds is 6. The third-order valence-electron chi connectivity index (χ3n) is 3.49. The van der Waals surface area contributed by atoms with Crippen LogP contribution in [0.4, 0.5) is 0 Å². The van der Waals surface area contributed by atoms with Crippen LogP contribution in [0.2, 0.25) is 0 Å². The third kappa shape index (κ3) is 4.29. The minimum Gasteiger partial charge on any atom is -0.337 e. The molecule has 1 unspecified atom stereocenters. The molecule has 1 fully saturated rings. The van der Waals surface area contributed by atoms with Crippen molar-refractivity contribution in [2.24, 2.45) is 7.05 Å². The normalized spacial score (nSPS) is 22.2. The molecule has 0 amide bonds. The largest absolute Gasteiger partial charge is 0.337 e. The van der Waals surface area contributed by atoms with Crippen LogP contribution in [0.3, 0.4) is 0 Å². The number of aromatic nitrogens is 2. The van der Waals surface area contributed by atoms with Gasteiger partial charge < -0.3 is 9.88 Å². The lowest BCUT2D eigenvalue weighted by atomic mass is 10.2. The van der Waals surface area contributed by atoms with Gasteiger partial charge in [-0.05, 0) is 13.5 Å². The second-order valence-corrected chi connectivity index (χ2v) is 7.47. The molecule has 0 saturated carbocycles. The van der Waals surface area contributed by atoms with Gasteiger partial charge in [0.1, 0.15) is 5.82 Å². The van der Waals surface area contributed by atoms with Crippen LogP contribution in [0, 0.1) is 0 Å². The summed E-state index contributed by atoms with van der Waals surface area (Å²) in [6, 6.07) is 0.131. The highest BCUT2D eigenvalue weighted by Gasteiger charge is 2.27. The molecule has 7 heteroatoms. The number of imidazole rings is 1. The van der Waals surface area contributed by atoms with Gasteiger partial charge in [-0.25, -0.2) is 13.4 Å². The lowest BCUT2D eigenvalue weighted by molar-refractivity contribution is 0.308. The van der Waals surface area contributed by atoms with Gasteiger partial charge in [-0.2, -0.15) is 0 Å². The summed E-state index contributed by atoms with van der Waals surface area (Å²) in [6.45, 7) is 2.48. The fourth-order valence-corrected chi connectivity index (χ4v) is 3.99. The SMILES string of the molecule is CN(CCNC1CCS(=O)(=O)C1)Cc1nccn1C. The van der Waals surface area contributed by atoms with E-state index in [1.165, 1.54) is 0 Å². The molecule has 0 radical (unpaired) electrons. The highest BCUT2D eigenvalue weighted by molar-refractivity contribution is 7.91. The highest BCUT2D eigenvalue weighted by Crippen LogP contribution is 2.10. The molecule has 1 N–H and O–H groups in total. The molecule has 2 heterocycles. The Balaban J connectivity index is 1.67. The van der Waals surface area contributed by atoms with Gasteiger partial charge >= 0.3 is 0 Å². The highest BCUT2D eigenvalue weighted by atomic mass is 32.2. The second kappa shape index (κ2) is 6.02. The summed E-state index contributed by atoms with van der Waals surface area (Å²) in [7, 11) is 1.25. The van der Waals surface area contributed by atoms with Crippen LogP contribution in [0.25, 0.3) is 0 Å². The summed E-state index contributed by atoms with van der Waals surface area (Å²) >= 11 is 0. The van der Waals surface area contributed by atoms with Gasteiger partial charge in [-0.15, -0.1) is 0 Å². The number of nitrogens with zero attached hydrogens (tertiary/aromatic N) is 3. The third-order valence-corrected chi connectivity index (χ3v) is 5.26. The van der Waals surface area contributed by atoms with Crippen LogP contribution in [0.5, 0.6) is 0 Å². The monoisotopic (exact) mass is 286 g/mol. The summed E-state index contributed by atoms with van der Waals surface area (Å²) in [6.07, 6.45) is 4.47. The van der Waals surface area contributed by atoms with Gasteiger partial charge in [-0.1, -0.05) is 0 Å². The minimum atomic E-state index is -2.78. The fourth-order valence-electron chi connectivity index (χ4n) is 2.28. The minimum absolute atomic E-state index is 0.131. The molecule has 0 bridgehead atoms.